The summed E-state index contributed by atoms with van der Waals surface area (Å²) < 4.78 is 10.5. The predicted octanol–water partition coefficient (Wildman–Crippen LogP) is 4.68. The molecule has 1 saturated heterocycles. The van der Waals surface area contributed by atoms with E-state index in [0.717, 1.165) is 43.2 Å². The Labute approximate surface area is 204 Å². The number of carbonyl (C=O) groups is 1. The third kappa shape index (κ3) is 6.41. The Morgan fingerprint density at radius 3 is 2.38 bits per heavy atom. The van der Waals surface area contributed by atoms with Gasteiger partial charge >= 0.3 is 0 Å². The SMILES string of the molecule is COc1cc(NC(=O)CSc2nccnc2N2CCC(Cc3ccccc3)CC2)cc(OC)c1. The molecule has 4 rings (SSSR count). The summed E-state index contributed by atoms with van der Waals surface area (Å²) in [6.07, 6.45) is 6.75. The van der Waals surface area contributed by atoms with Gasteiger partial charge in [0.2, 0.25) is 5.91 Å². The molecule has 0 unspecified atom stereocenters. The van der Waals surface area contributed by atoms with Crippen molar-refractivity contribution >= 4 is 29.2 Å². The van der Waals surface area contributed by atoms with Crippen LogP contribution in [0.3, 0.4) is 0 Å². The molecule has 0 aliphatic carbocycles. The van der Waals surface area contributed by atoms with E-state index in [-0.39, 0.29) is 11.7 Å². The van der Waals surface area contributed by atoms with Gasteiger partial charge in [-0.05, 0) is 30.7 Å². The zero-order valence-electron chi connectivity index (χ0n) is 19.6. The van der Waals surface area contributed by atoms with Gasteiger partial charge in [-0.15, -0.1) is 0 Å². The topological polar surface area (TPSA) is 76.6 Å². The molecular weight excluding hydrogens is 448 g/mol. The minimum Gasteiger partial charge on any atom is -0.497 e. The van der Waals surface area contributed by atoms with E-state index in [1.165, 1.54) is 17.3 Å². The molecular formula is C26H30N4O3S. The molecule has 3 aromatic rings. The first-order chi connectivity index (χ1) is 16.6. The van der Waals surface area contributed by atoms with Gasteiger partial charge in [-0.1, -0.05) is 42.1 Å². The number of benzene rings is 2. The van der Waals surface area contributed by atoms with Crippen LogP contribution in [0.5, 0.6) is 11.5 Å². The molecule has 0 atom stereocenters. The largest absolute Gasteiger partial charge is 0.497 e. The minimum atomic E-state index is -0.126. The van der Waals surface area contributed by atoms with Crippen LogP contribution in [0.15, 0.2) is 66.0 Å². The van der Waals surface area contributed by atoms with E-state index in [0.29, 0.717) is 23.1 Å². The molecule has 0 bridgehead atoms. The van der Waals surface area contributed by atoms with Crippen molar-refractivity contribution in [1.29, 1.82) is 0 Å². The molecule has 0 spiro atoms. The monoisotopic (exact) mass is 478 g/mol. The second-order valence-electron chi connectivity index (χ2n) is 8.24. The van der Waals surface area contributed by atoms with Crippen LogP contribution in [0, 0.1) is 5.92 Å². The fourth-order valence-corrected chi connectivity index (χ4v) is 4.93. The Morgan fingerprint density at radius 1 is 1.03 bits per heavy atom. The highest BCUT2D eigenvalue weighted by atomic mass is 32.2. The lowest BCUT2D eigenvalue weighted by atomic mass is 9.90. The van der Waals surface area contributed by atoms with Crippen LogP contribution in [-0.2, 0) is 11.2 Å². The third-order valence-electron chi connectivity index (χ3n) is 5.90. The lowest BCUT2D eigenvalue weighted by Crippen LogP contribution is -2.35. The number of nitrogens with one attached hydrogen (secondary N) is 1. The quantitative estimate of drug-likeness (QED) is 0.447. The van der Waals surface area contributed by atoms with E-state index >= 15 is 0 Å². The molecule has 7 nitrogen and oxygen atoms in total. The lowest BCUT2D eigenvalue weighted by molar-refractivity contribution is -0.113. The number of nitrogens with zero attached hydrogens (tertiary/aromatic N) is 3. The average Bonchev–Trinajstić information content (AvgIpc) is 2.88. The summed E-state index contributed by atoms with van der Waals surface area (Å²) in [7, 11) is 3.16. The zero-order valence-corrected chi connectivity index (χ0v) is 20.4. The maximum atomic E-state index is 12.6. The van der Waals surface area contributed by atoms with Crippen molar-refractivity contribution in [3.8, 4) is 11.5 Å². The highest BCUT2D eigenvalue weighted by Gasteiger charge is 2.23. The Morgan fingerprint density at radius 2 is 1.71 bits per heavy atom. The average molecular weight is 479 g/mol. The number of anilines is 2. The molecule has 1 N–H and O–H groups in total. The molecule has 1 aromatic heterocycles. The summed E-state index contributed by atoms with van der Waals surface area (Å²) in [5.41, 5.74) is 2.03. The smallest absolute Gasteiger partial charge is 0.234 e. The molecule has 178 valence electrons. The van der Waals surface area contributed by atoms with Gasteiger partial charge in [-0.2, -0.15) is 0 Å². The fraction of sp³-hybridized carbons (Fsp3) is 0.346. The molecule has 8 heteroatoms. The van der Waals surface area contributed by atoms with E-state index < -0.39 is 0 Å². The van der Waals surface area contributed by atoms with Gasteiger partial charge in [0.1, 0.15) is 16.5 Å². The van der Waals surface area contributed by atoms with Gasteiger partial charge in [0, 0.05) is 49.4 Å². The van der Waals surface area contributed by atoms with Crippen molar-refractivity contribution in [3.63, 3.8) is 0 Å². The highest BCUT2D eigenvalue weighted by molar-refractivity contribution is 8.00. The maximum absolute atomic E-state index is 12.6. The van der Waals surface area contributed by atoms with E-state index in [1.54, 1.807) is 44.8 Å². The van der Waals surface area contributed by atoms with Crippen LogP contribution in [0.1, 0.15) is 18.4 Å². The summed E-state index contributed by atoms with van der Waals surface area (Å²) in [6.45, 7) is 1.89. The number of piperidine rings is 1. The summed E-state index contributed by atoms with van der Waals surface area (Å²) in [5, 5.41) is 3.69. The van der Waals surface area contributed by atoms with Gasteiger partial charge in [0.15, 0.2) is 5.82 Å². The number of rotatable bonds is 9. The number of ether oxygens (including phenoxy) is 2. The van der Waals surface area contributed by atoms with Crippen molar-refractivity contribution in [2.24, 2.45) is 5.92 Å². The first-order valence-corrected chi connectivity index (χ1v) is 12.4. The van der Waals surface area contributed by atoms with E-state index in [2.05, 4.69) is 50.5 Å². The van der Waals surface area contributed by atoms with Gasteiger partial charge in [0.05, 0.1) is 20.0 Å². The Balaban J connectivity index is 1.33. The van der Waals surface area contributed by atoms with E-state index in [4.69, 9.17) is 9.47 Å². The number of amides is 1. The van der Waals surface area contributed by atoms with Gasteiger partial charge < -0.3 is 19.7 Å². The second-order valence-corrected chi connectivity index (χ2v) is 9.21. The first kappa shape index (κ1) is 23.9. The normalized spacial score (nSPS) is 14.0. The van der Waals surface area contributed by atoms with Crippen LogP contribution in [0.25, 0.3) is 0 Å². The third-order valence-corrected chi connectivity index (χ3v) is 6.87. The van der Waals surface area contributed by atoms with Crippen molar-refractivity contribution in [1.82, 2.24) is 9.97 Å². The van der Waals surface area contributed by atoms with Crippen LogP contribution in [0.2, 0.25) is 0 Å². The molecule has 34 heavy (non-hydrogen) atoms. The molecule has 0 saturated carbocycles. The molecule has 1 aliphatic rings. The molecule has 1 amide bonds. The Hall–Kier alpha value is -3.26. The number of aromatic nitrogens is 2. The number of hydrogen-bond acceptors (Lipinski definition) is 7. The van der Waals surface area contributed by atoms with Crippen LogP contribution < -0.4 is 19.7 Å². The van der Waals surface area contributed by atoms with Gasteiger partial charge in [-0.25, -0.2) is 9.97 Å². The van der Waals surface area contributed by atoms with E-state index in [9.17, 15) is 4.79 Å². The van der Waals surface area contributed by atoms with Crippen LogP contribution in [0.4, 0.5) is 11.5 Å². The minimum absolute atomic E-state index is 0.126. The fourth-order valence-electron chi connectivity index (χ4n) is 4.14. The Kier molecular flexibility index (Phi) is 8.25. The van der Waals surface area contributed by atoms with Crippen LogP contribution in [-0.4, -0.2) is 48.9 Å². The number of hydrogen-bond donors (Lipinski definition) is 1. The molecule has 2 heterocycles. The lowest BCUT2D eigenvalue weighted by Gasteiger charge is -2.33. The van der Waals surface area contributed by atoms with Gasteiger partial charge in [-0.3, -0.25) is 4.79 Å². The Bertz CT molecular complexity index is 1070. The van der Waals surface area contributed by atoms with Gasteiger partial charge in [0.25, 0.3) is 0 Å². The number of methoxy groups -OCH3 is 2. The first-order valence-electron chi connectivity index (χ1n) is 11.4. The van der Waals surface area contributed by atoms with Crippen molar-refractivity contribution in [2.45, 2.75) is 24.3 Å². The summed E-state index contributed by atoms with van der Waals surface area (Å²) in [6, 6.07) is 16.0. The molecule has 1 aliphatic heterocycles. The second kappa shape index (κ2) is 11.7. The number of thioether (sulfide) groups is 1. The zero-order chi connectivity index (χ0) is 23.8. The molecule has 1 fully saturated rings. The molecule has 2 aromatic carbocycles. The number of carbonyl (C=O) groups excluding carboxylic acids is 1. The summed E-state index contributed by atoms with van der Waals surface area (Å²) in [4.78, 5) is 24.0. The summed E-state index contributed by atoms with van der Waals surface area (Å²) >= 11 is 1.40. The van der Waals surface area contributed by atoms with E-state index in [1.807, 2.05) is 0 Å². The molecule has 0 radical (unpaired) electrons. The van der Waals surface area contributed by atoms with Crippen LogP contribution >= 0.6 is 11.8 Å². The predicted molar refractivity (Wildman–Crippen MR) is 136 cm³/mol. The van der Waals surface area contributed by atoms with Crippen molar-refractivity contribution < 1.29 is 14.3 Å². The van der Waals surface area contributed by atoms with Crippen molar-refractivity contribution in [2.75, 3.05) is 43.3 Å². The van der Waals surface area contributed by atoms with Crippen molar-refractivity contribution in [3.05, 3.63) is 66.5 Å². The highest BCUT2D eigenvalue weighted by Crippen LogP contribution is 2.31. The summed E-state index contributed by atoms with van der Waals surface area (Å²) in [5.74, 6) is 2.88. The maximum Gasteiger partial charge on any atom is 0.234 e. The standard InChI is InChI=1S/C26H30N4O3S/c1-32-22-15-21(16-23(17-22)33-2)29-24(31)18-34-26-25(27-10-11-28-26)30-12-8-20(9-13-30)14-19-6-4-3-5-7-19/h3-7,10-11,15-17,20H,8-9,12-14,18H2,1-2H3,(H,29,31).